The van der Waals surface area contributed by atoms with Gasteiger partial charge in [-0.2, -0.15) is 17.9 Å². The van der Waals surface area contributed by atoms with Crippen molar-refractivity contribution in [3.8, 4) is 0 Å². The number of hydrogen-bond acceptors (Lipinski definition) is 3. The largest absolute Gasteiger partial charge is 0.407 e. The monoisotopic (exact) mass is 312 g/mol. The number of benzene rings is 1. The maximum atomic E-state index is 13.6. The normalized spacial score (nSPS) is 18.1. The fraction of sp³-hybridized carbons (Fsp3) is 0.455. The number of alkyl halides is 3. The van der Waals surface area contributed by atoms with Crippen molar-refractivity contribution in [2.75, 3.05) is 0 Å². The SMILES string of the molecule is NCc1ccc(F)c(S(=O)(=O)NC2(C(F)(F)F)CC2)c1. The first-order chi connectivity index (χ1) is 9.11. The molecule has 0 heterocycles. The molecule has 0 aliphatic heterocycles. The fourth-order valence-electron chi connectivity index (χ4n) is 1.76. The molecule has 1 fully saturated rings. The second kappa shape index (κ2) is 4.68. The predicted octanol–water partition coefficient (Wildman–Crippen LogP) is 1.66. The van der Waals surface area contributed by atoms with Crippen molar-refractivity contribution in [1.82, 2.24) is 4.72 Å². The Hall–Kier alpha value is -1.19. The Morgan fingerprint density at radius 2 is 1.90 bits per heavy atom. The Labute approximate surface area is 113 Å². The molecule has 0 unspecified atom stereocenters. The molecule has 1 saturated carbocycles. The van der Waals surface area contributed by atoms with Gasteiger partial charge in [0.2, 0.25) is 10.0 Å². The first-order valence-corrected chi connectivity index (χ1v) is 7.19. The van der Waals surface area contributed by atoms with Crippen molar-refractivity contribution in [2.45, 2.75) is 36.0 Å². The Kier molecular flexibility index (Phi) is 3.55. The van der Waals surface area contributed by atoms with E-state index in [-0.39, 0.29) is 19.4 Å². The molecular formula is C11H12F4N2O2S. The van der Waals surface area contributed by atoms with Crippen LogP contribution in [-0.2, 0) is 16.6 Å². The van der Waals surface area contributed by atoms with E-state index in [4.69, 9.17) is 5.73 Å². The molecule has 3 N–H and O–H groups in total. The molecule has 0 atom stereocenters. The Morgan fingerprint density at radius 3 is 2.35 bits per heavy atom. The van der Waals surface area contributed by atoms with Gasteiger partial charge in [0.05, 0.1) is 0 Å². The molecule has 20 heavy (non-hydrogen) atoms. The van der Waals surface area contributed by atoms with E-state index in [1.807, 2.05) is 0 Å². The van der Waals surface area contributed by atoms with Crippen molar-refractivity contribution in [3.05, 3.63) is 29.6 Å². The number of nitrogens with two attached hydrogens (primary N) is 1. The van der Waals surface area contributed by atoms with Gasteiger partial charge >= 0.3 is 6.18 Å². The molecule has 0 bridgehead atoms. The van der Waals surface area contributed by atoms with Gasteiger partial charge in [-0.25, -0.2) is 12.8 Å². The van der Waals surface area contributed by atoms with Gasteiger partial charge in [0.1, 0.15) is 16.3 Å². The quantitative estimate of drug-likeness (QED) is 0.831. The Bertz CT molecular complexity index is 624. The third kappa shape index (κ3) is 2.65. The zero-order valence-electron chi connectivity index (χ0n) is 10.2. The minimum absolute atomic E-state index is 0.0484. The fourth-order valence-corrected chi connectivity index (χ4v) is 3.34. The third-order valence-electron chi connectivity index (χ3n) is 3.14. The van der Waals surface area contributed by atoms with Crippen LogP contribution in [0.4, 0.5) is 17.6 Å². The van der Waals surface area contributed by atoms with Crippen LogP contribution in [0.25, 0.3) is 0 Å². The summed E-state index contributed by atoms with van der Waals surface area (Å²) in [6.07, 6.45) is -5.41. The highest BCUT2D eigenvalue weighted by atomic mass is 32.2. The molecule has 0 saturated heterocycles. The topological polar surface area (TPSA) is 72.2 Å². The summed E-state index contributed by atoms with van der Waals surface area (Å²) in [6, 6.07) is 3.07. The molecule has 2 rings (SSSR count). The second-order valence-corrected chi connectivity index (χ2v) is 6.31. The molecule has 9 heteroatoms. The third-order valence-corrected chi connectivity index (χ3v) is 4.69. The van der Waals surface area contributed by atoms with Crippen LogP contribution in [0.3, 0.4) is 0 Å². The van der Waals surface area contributed by atoms with Crippen molar-refractivity contribution >= 4 is 10.0 Å². The van der Waals surface area contributed by atoms with E-state index in [1.165, 1.54) is 6.07 Å². The summed E-state index contributed by atoms with van der Waals surface area (Å²) < 4.78 is 77.2. The molecule has 0 radical (unpaired) electrons. The van der Waals surface area contributed by atoms with Crippen LogP contribution >= 0.6 is 0 Å². The molecule has 1 aliphatic rings. The van der Waals surface area contributed by atoms with E-state index in [0.29, 0.717) is 5.56 Å². The molecule has 0 aromatic heterocycles. The van der Waals surface area contributed by atoms with Gasteiger partial charge in [-0.05, 0) is 30.5 Å². The van der Waals surface area contributed by atoms with Crippen molar-refractivity contribution in [2.24, 2.45) is 5.73 Å². The zero-order chi connectivity index (χ0) is 15.2. The van der Waals surface area contributed by atoms with E-state index in [0.717, 1.165) is 12.1 Å². The Balaban J connectivity index is 2.37. The number of nitrogens with one attached hydrogen (secondary N) is 1. The summed E-state index contributed by atoms with van der Waals surface area (Å²) in [6.45, 7) is -0.0484. The molecule has 1 aromatic carbocycles. The average molecular weight is 312 g/mol. The lowest BCUT2D eigenvalue weighted by molar-refractivity contribution is -0.160. The lowest BCUT2D eigenvalue weighted by Gasteiger charge is -2.20. The molecule has 112 valence electrons. The van der Waals surface area contributed by atoms with Crippen LogP contribution in [0.2, 0.25) is 0 Å². The number of sulfonamides is 1. The van der Waals surface area contributed by atoms with Crippen molar-refractivity contribution in [1.29, 1.82) is 0 Å². The summed E-state index contributed by atoms with van der Waals surface area (Å²) in [4.78, 5) is -0.823. The number of halogens is 4. The van der Waals surface area contributed by atoms with Gasteiger partial charge in [0.15, 0.2) is 0 Å². The van der Waals surface area contributed by atoms with Crippen LogP contribution in [0.5, 0.6) is 0 Å². The van der Waals surface area contributed by atoms with Crippen LogP contribution in [0.15, 0.2) is 23.1 Å². The number of rotatable bonds is 4. The van der Waals surface area contributed by atoms with E-state index in [9.17, 15) is 26.0 Å². The van der Waals surface area contributed by atoms with Gasteiger partial charge in [0.25, 0.3) is 0 Å². The van der Waals surface area contributed by atoms with E-state index >= 15 is 0 Å². The minimum atomic E-state index is -4.71. The maximum Gasteiger partial charge on any atom is 0.407 e. The minimum Gasteiger partial charge on any atom is -0.326 e. The lowest BCUT2D eigenvalue weighted by Crippen LogP contribution is -2.47. The van der Waals surface area contributed by atoms with Crippen LogP contribution in [-0.4, -0.2) is 20.1 Å². The molecule has 1 aliphatic carbocycles. The second-order valence-electron chi connectivity index (χ2n) is 4.65. The molecule has 4 nitrogen and oxygen atoms in total. The van der Waals surface area contributed by atoms with Crippen LogP contribution < -0.4 is 10.5 Å². The first kappa shape index (κ1) is 15.2. The molecule has 0 amide bonds. The van der Waals surface area contributed by atoms with Crippen molar-refractivity contribution in [3.63, 3.8) is 0 Å². The standard InChI is InChI=1S/C11H12F4N2O2S/c12-8-2-1-7(6-16)5-9(8)20(18,19)17-10(3-4-10)11(13,14)15/h1-2,5,17H,3-4,6,16H2. The highest BCUT2D eigenvalue weighted by molar-refractivity contribution is 7.89. The van der Waals surface area contributed by atoms with Crippen LogP contribution in [0, 0.1) is 5.82 Å². The summed E-state index contributed by atoms with van der Waals surface area (Å²) in [5, 5.41) is 0. The van der Waals surface area contributed by atoms with Gasteiger partial charge in [-0.15, -0.1) is 0 Å². The highest BCUT2D eigenvalue weighted by Crippen LogP contribution is 2.49. The van der Waals surface area contributed by atoms with E-state index < -0.39 is 32.5 Å². The zero-order valence-corrected chi connectivity index (χ0v) is 11.0. The summed E-state index contributed by atoms with van der Waals surface area (Å²) in [7, 11) is -4.60. The van der Waals surface area contributed by atoms with Gasteiger partial charge < -0.3 is 5.73 Å². The lowest BCUT2D eigenvalue weighted by atomic mass is 10.2. The van der Waals surface area contributed by atoms with E-state index in [1.54, 1.807) is 4.72 Å². The Morgan fingerprint density at radius 1 is 1.30 bits per heavy atom. The summed E-state index contributed by atoms with van der Waals surface area (Å²) in [5.74, 6) is -1.12. The van der Waals surface area contributed by atoms with Crippen LogP contribution in [0.1, 0.15) is 18.4 Å². The molecule has 1 aromatic rings. The predicted molar refractivity (Wildman–Crippen MR) is 62.6 cm³/mol. The highest BCUT2D eigenvalue weighted by Gasteiger charge is 2.65. The van der Waals surface area contributed by atoms with Gasteiger partial charge in [-0.3, -0.25) is 0 Å². The maximum absolute atomic E-state index is 13.6. The van der Waals surface area contributed by atoms with Crippen molar-refractivity contribution < 1.29 is 26.0 Å². The average Bonchev–Trinajstić information content (AvgIpc) is 3.09. The summed E-state index contributed by atoms with van der Waals surface area (Å²) >= 11 is 0. The van der Waals surface area contributed by atoms with Gasteiger partial charge in [0, 0.05) is 6.54 Å². The molecule has 0 spiro atoms. The van der Waals surface area contributed by atoms with Gasteiger partial charge in [-0.1, -0.05) is 6.07 Å². The molecular weight excluding hydrogens is 300 g/mol. The number of hydrogen-bond donors (Lipinski definition) is 2. The smallest absolute Gasteiger partial charge is 0.326 e. The van der Waals surface area contributed by atoms with E-state index in [2.05, 4.69) is 0 Å². The first-order valence-electron chi connectivity index (χ1n) is 5.70. The summed E-state index contributed by atoms with van der Waals surface area (Å²) in [5.41, 5.74) is 3.14.